The third kappa shape index (κ3) is 4.69. The predicted molar refractivity (Wildman–Crippen MR) is 122 cm³/mol. The fourth-order valence-corrected chi connectivity index (χ4v) is 5.15. The lowest BCUT2D eigenvalue weighted by Gasteiger charge is -2.36. The molecule has 0 bridgehead atoms. The van der Waals surface area contributed by atoms with Gasteiger partial charge in [0.15, 0.2) is 11.6 Å². The van der Waals surface area contributed by atoms with Crippen LogP contribution in [0.1, 0.15) is 71.1 Å². The highest BCUT2D eigenvalue weighted by atomic mass is 19.2. The van der Waals surface area contributed by atoms with Crippen LogP contribution in [0, 0.1) is 24.5 Å². The molecule has 1 aromatic carbocycles. The number of fused-ring (bicyclic) bond motifs is 1. The van der Waals surface area contributed by atoms with Gasteiger partial charge in [0.25, 0.3) is 17.6 Å². The minimum Gasteiger partial charge on any atom is -0.481 e. The van der Waals surface area contributed by atoms with Crippen molar-refractivity contribution in [2.75, 3.05) is 5.32 Å². The van der Waals surface area contributed by atoms with Gasteiger partial charge >= 0.3 is 5.97 Å². The van der Waals surface area contributed by atoms with E-state index in [2.05, 4.69) is 10.6 Å². The van der Waals surface area contributed by atoms with E-state index in [1.54, 1.807) is 18.4 Å². The molecule has 8 nitrogen and oxygen atoms in total. The minimum atomic E-state index is -1.10. The number of hydrogen-bond acceptors (Lipinski definition) is 4. The van der Waals surface area contributed by atoms with Crippen molar-refractivity contribution in [3.05, 3.63) is 52.3 Å². The van der Waals surface area contributed by atoms with Crippen LogP contribution in [0.15, 0.2) is 18.2 Å². The number of Topliss-reactive ketones (excluding diaryl/α,β-unsaturated/α-hetero) is 1. The topological polar surface area (TPSA) is 118 Å². The van der Waals surface area contributed by atoms with Gasteiger partial charge in [-0.1, -0.05) is 0 Å². The Kier molecular flexibility index (Phi) is 6.48. The second-order valence-corrected chi connectivity index (χ2v) is 9.59. The molecule has 1 saturated carbocycles. The lowest BCUT2D eigenvalue weighted by molar-refractivity contribution is -0.143. The number of ketones is 1. The molecule has 0 atom stereocenters. The highest BCUT2D eigenvalue weighted by molar-refractivity contribution is 6.43. The maximum absolute atomic E-state index is 13.6. The molecule has 1 aliphatic carbocycles. The van der Waals surface area contributed by atoms with Crippen LogP contribution < -0.4 is 10.6 Å². The zero-order valence-corrected chi connectivity index (χ0v) is 19.5. The van der Waals surface area contributed by atoms with Gasteiger partial charge in [-0.2, -0.15) is 0 Å². The van der Waals surface area contributed by atoms with Crippen LogP contribution in [-0.2, 0) is 22.6 Å². The van der Waals surface area contributed by atoms with Crippen molar-refractivity contribution in [2.24, 2.45) is 5.92 Å². The molecule has 1 fully saturated rings. The monoisotopic (exact) mass is 487 g/mol. The van der Waals surface area contributed by atoms with Crippen molar-refractivity contribution in [1.29, 1.82) is 0 Å². The van der Waals surface area contributed by atoms with Crippen molar-refractivity contribution >= 4 is 29.3 Å². The highest BCUT2D eigenvalue weighted by Gasteiger charge is 2.38. The first-order valence-electron chi connectivity index (χ1n) is 11.6. The molecule has 0 radical (unpaired) electrons. The molecule has 1 aromatic heterocycles. The van der Waals surface area contributed by atoms with Gasteiger partial charge in [-0.15, -0.1) is 0 Å². The number of nitrogens with zero attached hydrogens (tertiary/aromatic N) is 1. The van der Waals surface area contributed by atoms with Gasteiger partial charge in [-0.3, -0.25) is 19.2 Å². The van der Waals surface area contributed by atoms with E-state index in [9.17, 15) is 33.1 Å². The van der Waals surface area contributed by atoms with E-state index < -0.39 is 46.7 Å². The zero-order chi connectivity index (χ0) is 25.5. The van der Waals surface area contributed by atoms with Crippen LogP contribution >= 0.6 is 0 Å². The molecule has 2 aliphatic rings. The van der Waals surface area contributed by atoms with Gasteiger partial charge < -0.3 is 20.3 Å². The Hall–Kier alpha value is -3.56. The van der Waals surface area contributed by atoms with Crippen LogP contribution in [0.5, 0.6) is 0 Å². The van der Waals surface area contributed by atoms with Gasteiger partial charge in [0, 0.05) is 29.5 Å². The number of benzene rings is 1. The van der Waals surface area contributed by atoms with Gasteiger partial charge in [-0.05, 0) is 70.1 Å². The molecule has 35 heavy (non-hydrogen) atoms. The van der Waals surface area contributed by atoms with Crippen LogP contribution in [-0.4, -0.2) is 38.8 Å². The standard InChI is InChI=1S/C25H27F2N3O5/c1-13-19(22(32)28-15-5-6-16(26)17(27)12-15)18-4-3-11-30(18)20(13)21(31)23(33)29-25(2)9-7-14(8-10-25)24(34)35/h5-6,12,14H,3-4,7-11H2,1-2H3,(H,28,32)(H,29,33)(H,34,35). The van der Waals surface area contributed by atoms with E-state index in [4.69, 9.17) is 0 Å². The highest BCUT2D eigenvalue weighted by Crippen LogP contribution is 2.33. The molecule has 186 valence electrons. The number of halogens is 2. The molecule has 3 N–H and O–H groups in total. The summed E-state index contributed by atoms with van der Waals surface area (Å²) >= 11 is 0. The van der Waals surface area contributed by atoms with Crippen LogP contribution in [0.25, 0.3) is 0 Å². The average molecular weight is 488 g/mol. The van der Waals surface area contributed by atoms with Gasteiger partial charge in [0.1, 0.15) is 0 Å². The lowest BCUT2D eigenvalue weighted by Crippen LogP contribution is -2.51. The SMILES string of the molecule is Cc1c(C(=O)Nc2ccc(F)c(F)c2)c2n(c1C(=O)C(=O)NC1(C)CCC(C(=O)O)CC1)CCC2. The molecule has 2 aromatic rings. The molecule has 2 amide bonds. The molecule has 0 saturated heterocycles. The number of carbonyl (C=O) groups is 4. The van der Waals surface area contributed by atoms with Crippen molar-refractivity contribution in [3.63, 3.8) is 0 Å². The predicted octanol–water partition coefficient (Wildman–Crippen LogP) is 3.61. The molecule has 0 unspecified atom stereocenters. The van der Waals surface area contributed by atoms with Crippen LogP contribution in [0.2, 0.25) is 0 Å². The summed E-state index contributed by atoms with van der Waals surface area (Å²) in [5.41, 5.74) is 0.720. The first kappa shape index (κ1) is 24.6. The van der Waals surface area contributed by atoms with Crippen LogP contribution in [0.4, 0.5) is 14.5 Å². The molecule has 1 aliphatic heterocycles. The van der Waals surface area contributed by atoms with E-state index in [0.717, 1.165) is 12.1 Å². The van der Waals surface area contributed by atoms with Crippen molar-refractivity contribution in [1.82, 2.24) is 9.88 Å². The Balaban J connectivity index is 1.55. The van der Waals surface area contributed by atoms with Gasteiger partial charge in [0.2, 0.25) is 0 Å². The van der Waals surface area contributed by atoms with E-state index in [1.807, 2.05) is 0 Å². The Morgan fingerprint density at radius 1 is 1.11 bits per heavy atom. The summed E-state index contributed by atoms with van der Waals surface area (Å²) in [5, 5.41) is 14.5. The lowest BCUT2D eigenvalue weighted by atomic mass is 9.77. The normalized spacial score (nSPS) is 21.3. The first-order chi connectivity index (χ1) is 16.5. The number of aliphatic carboxylic acids is 1. The zero-order valence-electron chi connectivity index (χ0n) is 19.5. The second-order valence-electron chi connectivity index (χ2n) is 9.59. The van der Waals surface area contributed by atoms with Crippen LogP contribution in [0.3, 0.4) is 0 Å². The summed E-state index contributed by atoms with van der Waals surface area (Å²) in [5.74, 6) is -5.58. The summed E-state index contributed by atoms with van der Waals surface area (Å²) in [4.78, 5) is 50.5. The molecule has 2 heterocycles. The summed E-state index contributed by atoms with van der Waals surface area (Å²) in [6.45, 7) is 3.86. The third-order valence-corrected chi connectivity index (χ3v) is 7.09. The number of carboxylic acids is 1. The Labute approximate surface area is 200 Å². The summed E-state index contributed by atoms with van der Waals surface area (Å²) in [7, 11) is 0. The van der Waals surface area contributed by atoms with Crippen molar-refractivity contribution in [3.8, 4) is 0 Å². The Morgan fingerprint density at radius 2 is 1.80 bits per heavy atom. The van der Waals surface area contributed by atoms with Gasteiger partial charge in [-0.25, -0.2) is 8.78 Å². The van der Waals surface area contributed by atoms with Crippen molar-refractivity contribution in [2.45, 2.75) is 64.5 Å². The van der Waals surface area contributed by atoms with E-state index >= 15 is 0 Å². The fraction of sp³-hybridized carbons (Fsp3) is 0.440. The molecule has 10 heteroatoms. The number of anilines is 1. The van der Waals surface area contributed by atoms with E-state index in [0.29, 0.717) is 56.3 Å². The summed E-state index contributed by atoms with van der Waals surface area (Å²) in [6, 6.07) is 3.02. The van der Waals surface area contributed by atoms with E-state index in [1.165, 1.54) is 6.07 Å². The molecular weight excluding hydrogens is 460 g/mol. The minimum absolute atomic E-state index is 0.0711. The first-order valence-corrected chi connectivity index (χ1v) is 11.6. The quantitative estimate of drug-likeness (QED) is 0.425. The molecule has 0 spiro atoms. The number of aromatic nitrogens is 1. The summed E-state index contributed by atoms with van der Waals surface area (Å²) in [6.07, 6.45) is 2.93. The number of carboxylic acid groups (broad SMARTS) is 1. The second kappa shape index (κ2) is 9.24. The van der Waals surface area contributed by atoms with Crippen molar-refractivity contribution < 1.29 is 33.1 Å². The fourth-order valence-electron chi connectivity index (χ4n) is 5.15. The largest absolute Gasteiger partial charge is 0.481 e. The third-order valence-electron chi connectivity index (χ3n) is 7.09. The number of rotatable bonds is 6. The number of amides is 2. The number of hydrogen-bond donors (Lipinski definition) is 3. The van der Waals surface area contributed by atoms with Gasteiger partial charge in [0.05, 0.1) is 17.2 Å². The molecule has 4 rings (SSSR count). The summed E-state index contributed by atoms with van der Waals surface area (Å²) < 4.78 is 28.5. The smallest absolute Gasteiger partial charge is 0.306 e. The number of nitrogens with one attached hydrogen (secondary N) is 2. The Morgan fingerprint density at radius 3 is 2.43 bits per heavy atom. The molecular formula is C25H27F2N3O5. The van der Waals surface area contributed by atoms with E-state index in [-0.39, 0.29) is 16.9 Å². The Bertz CT molecular complexity index is 1230. The maximum Gasteiger partial charge on any atom is 0.306 e. The maximum atomic E-state index is 13.6. The number of carbonyl (C=O) groups excluding carboxylic acids is 3. The average Bonchev–Trinajstić information content (AvgIpc) is 3.35.